The van der Waals surface area contributed by atoms with Crippen LogP contribution in [0.15, 0.2) is 48.8 Å². The molecule has 0 radical (unpaired) electrons. The minimum atomic E-state index is -5.08. The molecule has 3 heterocycles. The third kappa shape index (κ3) is 5.11. The van der Waals surface area contributed by atoms with E-state index in [-0.39, 0.29) is 0 Å². The van der Waals surface area contributed by atoms with Crippen molar-refractivity contribution in [2.75, 3.05) is 5.32 Å². The van der Waals surface area contributed by atoms with Gasteiger partial charge in [0.15, 0.2) is 5.82 Å². The van der Waals surface area contributed by atoms with Crippen LogP contribution in [-0.2, 0) is 17.6 Å². The number of hydrogen-bond acceptors (Lipinski definition) is 5. The van der Waals surface area contributed by atoms with Gasteiger partial charge in [-0.25, -0.2) is 14.8 Å². The predicted octanol–water partition coefficient (Wildman–Crippen LogP) is 5.19. The highest BCUT2D eigenvalue weighted by atomic mass is 19.4. The molecule has 0 saturated carbocycles. The maximum atomic E-state index is 10.6. The number of nitrogens with zero attached hydrogens (tertiary/aromatic N) is 3. The van der Waals surface area contributed by atoms with Crippen molar-refractivity contribution in [3.63, 3.8) is 0 Å². The molecule has 3 N–H and O–H groups in total. The van der Waals surface area contributed by atoms with Crippen molar-refractivity contribution in [1.29, 1.82) is 0 Å². The molecule has 1 aliphatic carbocycles. The lowest BCUT2D eigenvalue weighted by Gasteiger charge is -2.12. The van der Waals surface area contributed by atoms with Crippen molar-refractivity contribution in [3.8, 4) is 11.4 Å². The van der Waals surface area contributed by atoms with Gasteiger partial charge < -0.3 is 15.4 Å². The molecule has 33 heavy (non-hydrogen) atoms. The fourth-order valence-corrected chi connectivity index (χ4v) is 3.66. The fraction of sp³-hybridized carbons (Fsp3) is 0.217. The monoisotopic (exact) mass is 455 g/mol. The molecule has 4 aromatic rings. The van der Waals surface area contributed by atoms with Crippen LogP contribution in [0, 0.1) is 6.92 Å². The average Bonchev–Trinajstić information content (AvgIpc) is 3.39. The zero-order valence-corrected chi connectivity index (χ0v) is 17.6. The Hall–Kier alpha value is -3.95. The number of hydrogen-bond donors (Lipinski definition) is 3. The summed E-state index contributed by atoms with van der Waals surface area (Å²) in [6, 6.07) is 12.4. The average molecular weight is 455 g/mol. The minimum Gasteiger partial charge on any atom is -0.475 e. The molecule has 7 nitrogen and oxygen atoms in total. The zero-order valence-electron chi connectivity index (χ0n) is 17.6. The second-order valence-corrected chi connectivity index (χ2v) is 7.59. The first kappa shape index (κ1) is 22.3. The maximum Gasteiger partial charge on any atom is 0.490 e. The normalized spacial score (nSPS) is 12.7. The summed E-state index contributed by atoms with van der Waals surface area (Å²) in [7, 11) is 0. The lowest BCUT2D eigenvalue weighted by Crippen LogP contribution is -2.21. The largest absolute Gasteiger partial charge is 0.490 e. The van der Waals surface area contributed by atoms with Crippen molar-refractivity contribution in [2.24, 2.45) is 0 Å². The Morgan fingerprint density at radius 2 is 1.82 bits per heavy atom. The fourth-order valence-electron chi connectivity index (χ4n) is 3.66. The van der Waals surface area contributed by atoms with Crippen LogP contribution in [0.4, 0.5) is 24.7 Å². The molecule has 1 aliphatic rings. The SMILES string of the molecule is Cc1cc2cc(Nc3nc(-c4ccncc4)nc4c3CCC4)ccc2[nH]1.O=C(O)C(F)(F)F. The summed E-state index contributed by atoms with van der Waals surface area (Å²) in [5.74, 6) is -1.08. The summed E-state index contributed by atoms with van der Waals surface area (Å²) in [4.78, 5) is 26.0. The summed E-state index contributed by atoms with van der Waals surface area (Å²) in [6.45, 7) is 2.07. The molecule has 0 unspecified atom stereocenters. The standard InChI is InChI=1S/C21H19N5.C2HF3O2/c1-13-11-15-12-16(5-6-18(15)23-13)24-21-17-3-2-4-19(17)25-20(26-21)14-7-9-22-10-8-14;3-2(4,5)1(6)7/h5-12,23H,2-4H2,1H3,(H,24,25,26);(H,6,7). The van der Waals surface area contributed by atoms with Gasteiger partial charge in [-0.15, -0.1) is 0 Å². The lowest BCUT2D eigenvalue weighted by molar-refractivity contribution is -0.192. The van der Waals surface area contributed by atoms with Gasteiger partial charge in [-0.1, -0.05) is 0 Å². The molecular weight excluding hydrogens is 435 g/mol. The van der Waals surface area contributed by atoms with Crippen molar-refractivity contribution >= 4 is 28.4 Å². The molecule has 5 rings (SSSR count). The number of fused-ring (bicyclic) bond motifs is 2. The van der Waals surface area contributed by atoms with E-state index in [1.807, 2.05) is 12.1 Å². The molecule has 3 aromatic heterocycles. The Morgan fingerprint density at radius 1 is 1.09 bits per heavy atom. The van der Waals surface area contributed by atoms with E-state index >= 15 is 0 Å². The Bertz CT molecular complexity index is 1300. The highest BCUT2D eigenvalue weighted by molar-refractivity contribution is 5.85. The highest BCUT2D eigenvalue weighted by Gasteiger charge is 2.38. The number of aromatic nitrogens is 4. The summed E-state index contributed by atoms with van der Waals surface area (Å²) in [5, 5.41) is 11.9. The van der Waals surface area contributed by atoms with E-state index < -0.39 is 12.1 Å². The van der Waals surface area contributed by atoms with E-state index in [4.69, 9.17) is 19.9 Å². The zero-order chi connectivity index (χ0) is 23.6. The quantitative estimate of drug-likeness (QED) is 0.393. The summed E-state index contributed by atoms with van der Waals surface area (Å²) in [6.07, 6.45) is 1.65. The molecule has 0 atom stereocenters. The van der Waals surface area contributed by atoms with Crippen LogP contribution in [0.5, 0.6) is 0 Å². The number of aromatic amines is 1. The van der Waals surface area contributed by atoms with Gasteiger partial charge in [0.1, 0.15) is 5.82 Å². The van der Waals surface area contributed by atoms with Crippen LogP contribution in [0.1, 0.15) is 23.4 Å². The topological polar surface area (TPSA) is 104 Å². The van der Waals surface area contributed by atoms with Crippen LogP contribution in [0.2, 0.25) is 0 Å². The number of aliphatic carboxylic acids is 1. The Labute approximate surface area is 186 Å². The first-order valence-electron chi connectivity index (χ1n) is 10.2. The Morgan fingerprint density at radius 3 is 2.52 bits per heavy atom. The molecule has 10 heteroatoms. The summed E-state index contributed by atoms with van der Waals surface area (Å²) in [5.41, 5.74) is 6.76. The van der Waals surface area contributed by atoms with E-state index in [0.717, 1.165) is 53.4 Å². The molecule has 0 bridgehead atoms. The van der Waals surface area contributed by atoms with Gasteiger partial charge in [-0.3, -0.25) is 4.98 Å². The number of H-pyrrole nitrogens is 1. The third-order valence-corrected chi connectivity index (χ3v) is 5.13. The van der Waals surface area contributed by atoms with Crippen LogP contribution < -0.4 is 5.32 Å². The Kier molecular flexibility index (Phi) is 5.99. The van der Waals surface area contributed by atoms with Crippen LogP contribution >= 0.6 is 0 Å². The minimum absolute atomic E-state index is 0.758. The second kappa shape index (κ2) is 8.89. The molecule has 0 aliphatic heterocycles. The van der Waals surface area contributed by atoms with E-state index in [1.54, 1.807) is 12.4 Å². The van der Waals surface area contributed by atoms with Crippen LogP contribution in [-0.4, -0.2) is 37.2 Å². The number of carbonyl (C=O) groups is 1. The third-order valence-electron chi connectivity index (χ3n) is 5.13. The Balaban J connectivity index is 0.000000325. The van der Waals surface area contributed by atoms with Gasteiger partial charge >= 0.3 is 12.1 Å². The van der Waals surface area contributed by atoms with Gasteiger partial charge in [-0.05, 0) is 62.6 Å². The van der Waals surface area contributed by atoms with Crippen LogP contribution in [0.3, 0.4) is 0 Å². The number of carboxylic acids is 1. The maximum absolute atomic E-state index is 10.6. The van der Waals surface area contributed by atoms with Gasteiger partial charge in [0.25, 0.3) is 0 Å². The number of pyridine rings is 1. The number of alkyl halides is 3. The number of rotatable bonds is 3. The molecule has 170 valence electrons. The van der Waals surface area contributed by atoms with E-state index in [0.29, 0.717) is 0 Å². The smallest absolute Gasteiger partial charge is 0.475 e. The molecule has 0 saturated heterocycles. The number of anilines is 2. The number of benzene rings is 1. The number of nitrogens with one attached hydrogen (secondary N) is 2. The van der Waals surface area contributed by atoms with Crippen molar-refractivity contribution in [2.45, 2.75) is 32.4 Å². The molecule has 0 spiro atoms. The van der Waals surface area contributed by atoms with Gasteiger partial charge in [0, 0.05) is 51.5 Å². The molecule has 0 fully saturated rings. The molecule has 0 amide bonds. The summed E-state index contributed by atoms with van der Waals surface area (Å²) < 4.78 is 31.7. The highest BCUT2D eigenvalue weighted by Crippen LogP contribution is 2.31. The first-order valence-corrected chi connectivity index (χ1v) is 10.2. The van der Waals surface area contributed by atoms with Crippen molar-refractivity contribution in [3.05, 3.63) is 65.7 Å². The number of carboxylic acid groups (broad SMARTS) is 1. The lowest BCUT2D eigenvalue weighted by atomic mass is 10.2. The number of halogens is 3. The van der Waals surface area contributed by atoms with Crippen molar-refractivity contribution < 1.29 is 23.1 Å². The first-order chi connectivity index (χ1) is 15.7. The van der Waals surface area contributed by atoms with Crippen LogP contribution in [0.25, 0.3) is 22.3 Å². The van der Waals surface area contributed by atoms with Gasteiger partial charge in [0.05, 0.1) is 0 Å². The summed E-state index contributed by atoms with van der Waals surface area (Å²) >= 11 is 0. The van der Waals surface area contributed by atoms with E-state index in [9.17, 15) is 13.2 Å². The molecule has 1 aromatic carbocycles. The van der Waals surface area contributed by atoms with Gasteiger partial charge in [-0.2, -0.15) is 13.2 Å². The predicted molar refractivity (Wildman–Crippen MR) is 117 cm³/mol. The van der Waals surface area contributed by atoms with Gasteiger partial charge in [0.2, 0.25) is 0 Å². The number of aryl methyl sites for hydroxylation is 2. The second-order valence-electron chi connectivity index (χ2n) is 7.59. The van der Waals surface area contributed by atoms with E-state index in [1.165, 1.54) is 16.6 Å². The van der Waals surface area contributed by atoms with E-state index in [2.05, 4.69) is 46.5 Å². The molecular formula is C23H20F3N5O2. The van der Waals surface area contributed by atoms with Crippen molar-refractivity contribution in [1.82, 2.24) is 19.9 Å².